The van der Waals surface area contributed by atoms with Crippen LogP contribution in [0.4, 0.5) is 0 Å². The van der Waals surface area contributed by atoms with E-state index in [4.69, 9.17) is 12.6 Å². The first-order valence-electron chi connectivity index (χ1n) is 2.05. The van der Waals surface area contributed by atoms with Crippen molar-refractivity contribution >= 4 is 24.4 Å². The highest BCUT2D eigenvalue weighted by Gasteiger charge is 1.88. The Bertz CT molecular complexity index is 113. The summed E-state index contributed by atoms with van der Waals surface area (Å²) in [6.07, 6.45) is 3.99. The number of thioether (sulfide) groups is 1. The molecule has 0 atom stereocenters. The number of allylic oxidation sites excluding steroid dienone is 1. The van der Waals surface area contributed by atoms with E-state index >= 15 is 0 Å². The summed E-state index contributed by atoms with van der Waals surface area (Å²) in [4.78, 5) is 0.971. The van der Waals surface area contributed by atoms with Gasteiger partial charge in [-0.05, 0) is 11.5 Å². The average Bonchev–Trinajstić information content (AvgIpc) is 1.69. The molecule has 0 amide bonds. The van der Waals surface area contributed by atoms with Crippen molar-refractivity contribution in [3.05, 3.63) is 22.5 Å². The molecule has 0 saturated carbocycles. The van der Waals surface area contributed by atoms with Crippen molar-refractivity contribution in [2.75, 3.05) is 5.75 Å². The van der Waals surface area contributed by atoms with Crippen LogP contribution in [0.25, 0.3) is 0 Å². The highest BCUT2D eigenvalue weighted by atomic mass is 32.2. The third-order valence-electron chi connectivity index (χ3n) is 0.709. The molecule has 0 saturated heterocycles. The molecule has 0 aliphatic carbocycles. The molecule has 1 aliphatic rings. The van der Waals surface area contributed by atoms with Gasteiger partial charge in [-0.1, -0.05) is 18.7 Å². The molecule has 37 valence electrons. The zero-order chi connectivity index (χ0) is 5.11. The molecule has 0 aromatic carbocycles. The van der Waals surface area contributed by atoms with Crippen molar-refractivity contribution in [1.29, 1.82) is 0 Å². The van der Waals surface area contributed by atoms with Crippen molar-refractivity contribution in [1.82, 2.24) is 0 Å². The fourth-order valence-electron chi connectivity index (χ4n) is 0.369. The Balaban J connectivity index is 2.58. The van der Waals surface area contributed by atoms with Crippen molar-refractivity contribution in [3.8, 4) is 0 Å². The molecule has 0 bridgehead atoms. The molecule has 0 fully saturated rings. The number of rotatable bonds is 0. The van der Waals surface area contributed by atoms with Gasteiger partial charge in [0.05, 0.1) is 0 Å². The molecule has 2 heteroatoms. The Kier molecular flexibility index (Phi) is 1.77. The van der Waals surface area contributed by atoms with E-state index < -0.39 is 0 Å². The van der Waals surface area contributed by atoms with Crippen LogP contribution in [-0.4, -0.2) is 5.75 Å². The Morgan fingerprint density at radius 2 is 2.57 bits per heavy atom. The van der Waals surface area contributed by atoms with Crippen LogP contribution in [0.15, 0.2) is 22.5 Å². The third-order valence-corrected chi connectivity index (χ3v) is 1.70. The lowest BCUT2D eigenvalue weighted by Gasteiger charge is -1.94. The van der Waals surface area contributed by atoms with E-state index in [0.717, 1.165) is 10.7 Å². The Labute approximate surface area is 53.1 Å². The molecule has 1 radical (unpaired) electrons. The third kappa shape index (κ3) is 1.53. The van der Waals surface area contributed by atoms with E-state index in [1.54, 1.807) is 11.8 Å². The average molecular weight is 129 g/mol. The van der Waals surface area contributed by atoms with E-state index in [2.05, 4.69) is 0 Å². The normalized spacial score (nSPS) is 19.1. The zero-order valence-corrected chi connectivity index (χ0v) is 5.39. The summed E-state index contributed by atoms with van der Waals surface area (Å²) < 4.78 is 0. The van der Waals surface area contributed by atoms with Crippen LogP contribution >= 0.6 is 24.4 Å². The van der Waals surface area contributed by atoms with E-state index in [-0.39, 0.29) is 0 Å². The molecule has 0 N–H and O–H groups in total. The molecule has 1 aliphatic heterocycles. The van der Waals surface area contributed by atoms with Gasteiger partial charge in [0, 0.05) is 10.7 Å². The predicted molar refractivity (Wildman–Crippen MR) is 37.3 cm³/mol. The molecule has 0 aromatic heterocycles. The van der Waals surface area contributed by atoms with Crippen molar-refractivity contribution in [2.45, 2.75) is 0 Å². The summed E-state index contributed by atoms with van der Waals surface area (Å²) in [5, 5.41) is 2.03. The van der Waals surface area contributed by atoms with Crippen molar-refractivity contribution in [3.63, 3.8) is 0 Å². The van der Waals surface area contributed by atoms with Gasteiger partial charge in [0.2, 0.25) is 0 Å². The second-order valence-electron chi connectivity index (χ2n) is 1.24. The van der Waals surface area contributed by atoms with Crippen molar-refractivity contribution < 1.29 is 0 Å². The summed E-state index contributed by atoms with van der Waals surface area (Å²) in [5.74, 6) is 1.05. The minimum atomic E-state index is 0.971. The second kappa shape index (κ2) is 2.38. The minimum absolute atomic E-state index is 0.971. The zero-order valence-electron chi connectivity index (χ0n) is 3.76. The minimum Gasteiger partial charge on any atom is -0.130 e. The van der Waals surface area contributed by atoms with Gasteiger partial charge in [-0.3, -0.25) is 0 Å². The van der Waals surface area contributed by atoms with Gasteiger partial charge >= 0.3 is 0 Å². The molecule has 1 rings (SSSR count). The van der Waals surface area contributed by atoms with Crippen LogP contribution in [0, 0.1) is 0 Å². The Morgan fingerprint density at radius 3 is 2.86 bits per heavy atom. The van der Waals surface area contributed by atoms with Gasteiger partial charge < -0.3 is 0 Å². The Morgan fingerprint density at radius 1 is 1.71 bits per heavy atom. The van der Waals surface area contributed by atoms with Crippen LogP contribution < -0.4 is 0 Å². The number of hydrogen-bond donors (Lipinski definition) is 0. The maximum atomic E-state index is 4.85. The van der Waals surface area contributed by atoms with Gasteiger partial charge in [0.1, 0.15) is 0 Å². The predicted octanol–water partition coefficient (Wildman–Crippen LogP) is 2.33. The summed E-state index contributed by atoms with van der Waals surface area (Å²) in [6, 6.07) is 0. The molecular formula is C5H5S2. The lowest BCUT2D eigenvalue weighted by atomic mass is 10.5. The maximum Gasteiger partial charge on any atom is 0.0350 e. The SMILES string of the molecule is [S]C1=CCSC=C1. The quantitative estimate of drug-likeness (QED) is 0.483. The standard InChI is InChI=1S/C5H5S2/c6-5-1-3-7-4-2-5/h1-3H,4H2. The van der Waals surface area contributed by atoms with E-state index in [9.17, 15) is 0 Å². The fraction of sp³-hybridized carbons (Fsp3) is 0.200. The lowest BCUT2D eigenvalue weighted by Crippen LogP contribution is -1.74. The van der Waals surface area contributed by atoms with Gasteiger partial charge in [0.25, 0.3) is 0 Å². The van der Waals surface area contributed by atoms with Gasteiger partial charge in [-0.25, -0.2) is 0 Å². The van der Waals surface area contributed by atoms with E-state index in [0.29, 0.717) is 0 Å². The summed E-state index contributed by atoms with van der Waals surface area (Å²) in [6.45, 7) is 0. The highest BCUT2D eigenvalue weighted by molar-refractivity contribution is 8.02. The summed E-state index contributed by atoms with van der Waals surface area (Å²) >= 11 is 6.62. The summed E-state index contributed by atoms with van der Waals surface area (Å²) in [7, 11) is 0. The molecule has 0 nitrogen and oxygen atoms in total. The highest BCUT2D eigenvalue weighted by Crippen LogP contribution is 2.15. The largest absolute Gasteiger partial charge is 0.130 e. The monoisotopic (exact) mass is 129 g/mol. The Hall–Kier alpha value is 0.0500. The topological polar surface area (TPSA) is 0 Å². The van der Waals surface area contributed by atoms with Gasteiger partial charge in [-0.15, -0.1) is 11.8 Å². The maximum absolute atomic E-state index is 4.85. The van der Waals surface area contributed by atoms with E-state index in [1.807, 2.05) is 17.6 Å². The first kappa shape index (κ1) is 5.19. The molecule has 7 heavy (non-hydrogen) atoms. The van der Waals surface area contributed by atoms with Crippen LogP contribution in [0.2, 0.25) is 0 Å². The lowest BCUT2D eigenvalue weighted by molar-refractivity contribution is 1.72. The van der Waals surface area contributed by atoms with Crippen LogP contribution in [0.3, 0.4) is 0 Å². The van der Waals surface area contributed by atoms with Gasteiger partial charge in [-0.2, -0.15) is 0 Å². The van der Waals surface area contributed by atoms with Crippen LogP contribution in [-0.2, 0) is 0 Å². The smallest absolute Gasteiger partial charge is 0.0350 e. The molecular weight excluding hydrogens is 124 g/mol. The number of hydrogen-bond acceptors (Lipinski definition) is 1. The first-order valence-corrected chi connectivity index (χ1v) is 3.50. The molecule has 1 heterocycles. The molecule has 0 spiro atoms. The van der Waals surface area contributed by atoms with Crippen molar-refractivity contribution in [2.24, 2.45) is 0 Å². The van der Waals surface area contributed by atoms with E-state index in [1.165, 1.54) is 0 Å². The van der Waals surface area contributed by atoms with Gasteiger partial charge in [0.15, 0.2) is 0 Å². The van der Waals surface area contributed by atoms with Crippen LogP contribution in [0.5, 0.6) is 0 Å². The fourth-order valence-corrected chi connectivity index (χ4v) is 1.34. The second-order valence-corrected chi connectivity index (χ2v) is 2.65. The molecule has 0 unspecified atom stereocenters. The van der Waals surface area contributed by atoms with Crippen LogP contribution in [0.1, 0.15) is 0 Å². The first-order chi connectivity index (χ1) is 3.39. The molecule has 0 aromatic rings. The summed E-state index contributed by atoms with van der Waals surface area (Å²) in [5.41, 5.74) is 0.